The Morgan fingerprint density at radius 2 is 2.06 bits per heavy atom. The molecule has 0 bridgehead atoms. The zero-order chi connectivity index (χ0) is 11.4. The predicted molar refractivity (Wildman–Crippen MR) is 65.2 cm³/mol. The highest BCUT2D eigenvalue weighted by Crippen LogP contribution is 2.34. The highest BCUT2D eigenvalue weighted by molar-refractivity contribution is 5.55. The van der Waals surface area contributed by atoms with E-state index in [2.05, 4.69) is 19.2 Å². The van der Waals surface area contributed by atoms with Crippen molar-refractivity contribution >= 4 is 5.69 Å². The van der Waals surface area contributed by atoms with Crippen LogP contribution in [0.4, 0.5) is 5.69 Å². The Morgan fingerprint density at radius 1 is 1.25 bits per heavy atom. The molecule has 88 valence electrons. The van der Waals surface area contributed by atoms with Gasteiger partial charge in [0.1, 0.15) is 0 Å². The summed E-state index contributed by atoms with van der Waals surface area (Å²) in [7, 11) is 0. The Bertz CT molecular complexity index is 352. The highest BCUT2D eigenvalue weighted by atomic mass is 16.7. The van der Waals surface area contributed by atoms with E-state index < -0.39 is 0 Å². The summed E-state index contributed by atoms with van der Waals surface area (Å²) in [5, 5.41) is 3.52. The van der Waals surface area contributed by atoms with Gasteiger partial charge in [0.15, 0.2) is 11.5 Å². The lowest BCUT2D eigenvalue weighted by Crippen LogP contribution is -2.17. The lowest BCUT2D eigenvalue weighted by Gasteiger charge is -2.17. The van der Waals surface area contributed by atoms with Crippen molar-refractivity contribution in [2.24, 2.45) is 0 Å². The first-order chi connectivity index (χ1) is 7.83. The van der Waals surface area contributed by atoms with Crippen molar-refractivity contribution < 1.29 is 9.47 Å². The molecule has 1 aliphatic rings. The molecule has 1 N–H and O–H groups in total. The van der Waals surface area contributed by atoms with Gasteiger partial charge in [0.2, 0.25) is 6.79 Å². The molecular formula is C13H19NO2. The number of fused-ring (bicyclic) bond motifs is 1. The molecule has 0 fully saturated rings. The van der Waals surface area contributed by atoms with Gasteiger partial charge < -0.3 is 14.8 Å². The molecule has 0 aliphatic carbocycles. The Balaban J connectivity index is 2.04. The second-order valence-electron chi connectivity index (χ2n) is 4.11. The standard InChI is InChI=1S/C13H19NO2/c1-3-5-10(4-2)14-11-6-7-12-13(8-11)16-9-15-12/h6-8,10,14H,3-5,9H2,1-2H3. The molecule has 0 aromatic heterocycles. The second kappa shape index (κ2) is 5.10. The monoisotopic (exact) mass is 221 g/mol. The third kappa shape index (κ3) is 2.40. The van der Waals surface area contributed by atoms with Crippen LogP contribution in [0.2, 0.25) is 0 Å². The van der Waals surface area contributed by atoms with Crippen molar-refractivity contribution in [1.29, 1.82) is 0 Å². The summed E-state index contributed by atoms with van der Waals surface area (Å²) < 4.78 is 10.6. The van der Waals surface area contributed by atoms with E-state index in [4.69, 9.17) is 9.47 Å². The van der Waals surface area contributed by atoms with Gasteiger partial charge in [-0.05, 0) is 25.0 Å². The fourth-order valence-electron chi connectivity index (χ4n) is 1.95. The molecule has 0 spiro atoms. The predicted octanol–water partition coefficient (Wildman–Crippen LogP) is 3.41. The SMILES string of the molecule is CCCC(CC)Nc1ccc2c(c1)OCO2. The van der Waals surface area contributed by atoms with E-state index in [1.165, 1.54) is 12.8 Å². The van der Waals surface area contributed by atoms with E-state index >= 15 is 0 Å². The van der Waals surface area contributed by atoms with Gasteiger partial charge in [-0.3, -0.25) is 0 Å². The van der Waals surface area contributed by atoms with Crippen LogP contribution in [0.25, 0.3) is 0 Å². The fourth-order valence-corrected chi connectivity index (χ4v) is 1.95. The first-order valence-electron chi connectivity index (χ1n) is 5.99. The van der Waals surface area contributed by atoms with Crippen molar-refractivity contribution in [3.63, 3.8) is 0 Å². The fraction of sp³-hybridized carbons (Fsp3) is 0.538. The van der Waals surface area contributed by atoms with E-state index in [0.717, 1.165) is 23.6 Å². The topological polar surface area (TPSA) is 30.5 Å². The molecule has 1 heterocycles. The van der Waals surface area contributed by atoms with Crippen molar-refractivity contribution in [2.75, 3.05) is 12.1 Å². The number of benzene rings is 1. The highest BCUT2D eigenvalue weighted by Gasteiger charge is 2.14. The first-order valence-corrected chi connectivity index (χ1v) is 5.99. The van der Waals surface area contributed by atoms with E-state index in [1.807, 2.05) is 18.2 Å². The zero-order valence-corrected chi connectivity index (χ0v) is 9.95. The Labute approximate surface area is 96.8 Å². The van der Waals surface area contributed by atoms with Gasteiger partial charge in [-0.2, -0.15) is 0 Å². The van der Waals surface area contributed by atoms with Crippen molar-refractivity contribution in [3.8, 4) is 11.5 Å². The average Bonchev–Trinajstić information content (AvgIpc) is 2.75. The smallest absolute Gasteiger partial charge is 0.231 e. The summed E-state index contributed by atoms with van der Waals surface area (Å²) >= 11 is 0. The molecule has 0 amide bonds. The number of rotatable bonds is 5. The van der Waals surface area contributed by atoms with Gasteiger partial charge in [0.25, 0.3) is 0 Å². The number of hydrogen-bond donors (Lipinski definition) is 1. The van der Waals surface area contributed by atoms with Gasteiger partial charge >= 0.3 is 0 Å². The van der Waals surface area contributed by atoms with Gasteiger partial charge in [0.05, 0.1) is 0 Å². The second-order valence-corrected chi connectivity index (χ2v) is 4.11. The molecule has 2 rings (SSSR count). The number of nitrogens with one attached hydrogen (secondary N) is 1. The number of ether oxygens (including phenoxy) is 2. The summed E-state index contributed by atoms with van der Waals surface area (Å²) in [6.45, 7) is 4.76. The summed E-state index contributed by atoms with van der Waals surface area (Å²) in [6.07, 6.45) is 3.54. The van der Waals surface area contributed by atoms with E-state index in [0.29, 0.717) is 12.8 Å². The molecule has 3 nitrogen and oxygen atoms in total. The molecule has 0 radical (unpaired) electrons. The Kier molecular flexibility index (Phi) is 3.54. The molecule has 1 unspecified atom stereocenters. The van der Waals surface area contributed by atoms with E-state index in [1.54, 1.807) is 0 Å². The first kappa shape index (κ1) is 11.1. The van der Waals surface area contributed by atoms with Gasteiger partial charge in [0, 0.05) is 17.8 Å². The minimum absolute atomic E-state index is 0.338. The summed E-state index contributed by atoms with van der Waals surface area (Å²) in [6, 6.07) is 6.57. The molecule has 16 heavy (non-hydrogen) atoms. The molecule has 0 saturated carbocycles. The third-order valence-corrected chi connectivity index (χ3v) is 2.87. The largest absolute Gasteiger partial charge is 0.454 e. The number of anilines is 1. The maximum absolute atomic E-state index is 5.35. The Hall–Kier alpha value is -1.38. The van der Waals surface area contributed by atoms with E-state index in [9.17, 15) is 0 Å². The molecule has 1 atom stereocenters. The maximum Gasteiger partial charge on any atom is 0.231 e. The van der Waals surface area contributed by atoms with Crippen LogP contribution in [0.3, 0.4) is 0 Å². The van der Waals surface area contributed by atoms with E-state index in [-0.39, 0.29) is 0 Å². The Morgan fingerprint density at radius 3 is 2.81 bits per heavy atom. The van der Waals surface area contributed by atoms with Gasteiger partial charge in [-0.1, -0.05) is 20.3 Å². The summed E-state index contributed by atoms with van der Waals surface area (Å²) in [4.78, 5) is 0. The number of hydrogen-bond acceptors (Lipinski definition) is 3. The van der Waals surface area contributed by atoms with Crippen LogP contribution in [0.1, 0.15) is 33.1 Å². The van der Waals surface area contributed by atoms with Crippen LogP contribution in [0.5, 0.6) is 11.5 Å². The zero-order valence-electron chi connectivity index (χ0n) is 9.95. The lowest BCUT2D eigenvalue weighted by molar-refractivity contribution is 0.174. The molecule has 1 aliphatic heterocycles. The van der Waals surface area contributed by atoms with Crippen molar-refractivity contribution in [1.82, 2.24) is 0 Å². The van der Waals surface area contributed by atoms with Crippen LogP contribution >= 0.6 is 0 Å². The summed E-state index contributed by atoms with van der Waals surface area (Å²) in [5.41, 5.74) is 1.12. The van der Waals surface area contributed by atoms with Crippen LogP contribution in [-0.2, 0) is 0 Å². The minimum Gasteiger partial charge on any atom is -0.454 e. The molecule has 0 saturated heterocycles. The molecular weight excluding hydrogens is 202 g/mol. The van der Waals surface area contributed by atoms with Crippen LogP contribution < -0.4 is 14.8 Å². The van der Waals surface area contributed by atoms with Crippen molar-refractivity contribution in [2.45, 2.75) is 39.2 Å². The average molecular weight is 221 g/mol. The van der Waals surface area contributed by atoms with Gasteiger partial charge in [-0.25, -0.2) is 0 Å². The van der Waals surface area contributed by atoms with Crippen LogP contribution in [0.15, 0.2) is 18.2 Å². The quantitative estimate of drug-likeness (QED) is 0.826. The lowest BCUT2D eigenvalue weighted by atomic mass is 10.1. The third-order valence-electron chi connectivity index (χ3n) is 2.87. The maximum atomic E-state index is 5.35. The molecule has 3 heteroatoms. The minimum atomic E-state index is 0.338. The van der Waals surface area contributed by atoms with Gasteiger partial charge in [-0.15, -0.1) is 0 Å². The molecule has 1 aromatic rings. The van der Waals surface area contributed by atoms with Crippen LogP contribution in [-0.4, -0.2) is 12.8 Å². The van der Waals surface area contributed by atoms with Crippen LogP contribution in [0, 0.1) is 0 Å². The molecule has 1 aromatic carbocycles. The summed E-state index contributed by atoms with van der Waals surface area (Å²) in [5.74, 6) is 1.69. The normalized spacial score (nSPS) is 14.9. The van der Waals surface area contributed by atoms with Crippen molar-refractivity contribution in [3.05, 3.63) is 18.2 Å².